The molecule has 0 unspecified atom stereocenters. The molecule has 5 heteroatoms. The average Bonchev–Trinajstić information content (AvgIpc) is 2.64. The van der Waals surface area contributed by atoms with Crippen molar-refractivity contribution < 1.29 is 9.90 Å². The SMILES string of the molecule is CC(=O)/C=C(\C)Nc1ccc2c(c1)nc(CO)n2C. The molecule has 2 aromatic rings. The standard InChI is InChI=1S/C14H17N3O2/c1-9(6-10(2)19)15-11-4-5-13-12(7-11)16-14(8-18)17(13)3/h4-7,15,18H,8H2,1-3H3/b9-6+. The number of aliphatic hydroxyl groups excluding tert-OH is 1. The molecule has 0 saturated carbocycles. The van der Waals surface area contributed by atoms with Crippen molar-refractivity contribution in [1.29, 1.82) is 0 Å². The molecule has 0 aliphatic carbocycles. The average molecular weight is 259 g/mol. The number of hydrogen-bond acceptors (Lipinski definition) is 4. The molecule has 0 bridgehead atoms. The van der Waals surface area contributed by atoms with E-state index in [0.717, 1.165) is 22.4 Å². The number of allylic oxidation sites excluding steroid dienone is 2. The van der Waals surface area contributed by atoms with Crippen molar-refractivity contribution in [3.05, 3.63) is 35.8 Å². The summed E-state index contributed by atoms with van der Waals surface area (Å²) in [5, 5.41) is 12.3. The molecule has 1 aromatic heterocycles. The molecule has 0 fully saturated rings. The Morgan fingerprint density at radius 2 is 2.21 bits per heavy atom. The van der Waals surface area contributed by atoms with Crippen molar-refractivity contribution in [3.8, 4) is 0 Å². The second kappa shape index (κ2) is 5.24. The molecular formula is C14H17N3O2. The zero-order chi connectivity index (χ0) is 14.0. The Morgan fingerprint density at radius 3 is 2.84 bits per heavy atom. The second-order valence-corrected chi connectivity index (χ2v) is 4.51. The van der Waals surface area contributed by atoms with Gasteiger partial charge in [0.2, 0.25) is 0 Å². The topological polar surface area (TPSA) is 67.2 Å². The number of aromatic nitrogens is 2. The minimum absolute atomic E-state index is 0.00600. The number of anilines is 1. The molecule has 0 saturated heterocycles. The summed E-state index contributed by atoms with van der Waals surface area (Å²) >= 11 is 0. The summed E-state index contributed by atoms with van der Waals surface area (Å²) in [7, 11) is 1.87. The highest BCUT2D eigenvalue weighted by Crippen LogP contribution is 2.20. The fraction of sp³-hybridized carbons (Fsp3) is 0.286. The number of benzene rings is 1. The number of imidazole rings is 1. The van der Waals surface area contributed by atoms with Crippen LogP contribution in [0, 0.1) is 0 Å². The molecule has 2 rings (SSSR count). The van der Waals surface area contributed by atoms with Crippen LogP contribution < -0.4 is 5.32 Å². The van der Waals surface area contributed by atoms with Gasteiger partial charge in [0.15, 0.2) is 5.78 Å². The molecule has 0 radical (unpaired) electrons. The predicted molar refractivity (Wildman–Crippen MR) is 74.7 cm³/mol. The van der Waals surface area contributed by atoms with Gasteiger partial charge in [0, 0.05) is 18.4 Å². The number of carbonyl (C=O) groups excluding carboxylic acids is 1. The maximum Gasteiger partial charge on any atom is 0.154 e. The number of fused-ring (bicyclic) bond motifs is 1. The molecule has 100 valence electrons. The first-order valence-electron chi connectivity index (χ1n) is 6.03. The maximum absolute atomic E-state index is 11.0. The van der Waals surface area contributed by atoms with Crippen LogP contribution in [0.2, 0.25) is 0 Å². The minimum Gasteiger partial charge on any atom is -0.388 e. The molecule has 1 heterocycles. The Balaban J connectivity index is 2.34. The van der Waals surface area contributed by atoms with Gasteiger partial charge in [-0.15, -0.1) is 0 Å². The Morgan fingerprint density at radius 1 is 1.47 bits per heavy atom. The van der Waals surface area contributed by atoms with E-state index in [-0.39, 0.29) is 12.4 Å². The van der Waals surface area contributed by atoms with Crippen molar-refractivity contribution in [2.75, 3.05) is 5.32 Å². The molecule has 0 amide bonds. The third-order valence-electron chi connectivity index (χ3n) is 2.88. The Kier molecular flexibility index (Phi) is 3.66. The van der Waals surface area contributed by atoms with Crippen LogP contribution in [0.4, 0.5) is 5.69 Å². The van der Waals surface area contributed by atoms with Crippen LogP contribution in [0.1, 0.15) is 19.7 Å². The molecule has 0 atom stereocenters. The number of ketones is 1. The van der Waals surface area contributed by atoms with Crippen molar-refractivity contribution in [2.24, 2.45) is 7.05 Å². The number of rotatable bonds is 4. The first-order chi connectivity index (χ1) is 9.01. The summed E-state index contributed by atoms with van der Waals surface area (Å²) in [6.07, 6.45) is 1.54. The summed E-state index contributed by atoms with van der Waals surface area (Å²) in [6, 6.07) is 5.75. The van der Waals surface area contributed by atoms with E-state index < -0.39 is 0 Å². The van der Waals surface area contributed by atoms with Crippen LogP contribution in [-0.4, -0.2) is 20.4 Å². The molecule has 5 nitrogen and oxygen atoms in total. The molecule has 19 heavy (non-hydrogen) atoms. The molecule has 1 aromatic carbocycles. The number of aryl methyl sites for hydroxylation is 1. The van der Waals surface area contributed by atoms with E-state index in [9.17, 15) is 9.90 Å². The minimum atomic E-state index is -0.0861. The first kappa shape index (κ1) is 13.3. The monoisotopic (exact) mass is 259 g/mol. The second-order valence-electron chi connectivity index (χ2n) is 4.51. The fourth-order valence-corrected chi connectivity index (χ4v) is 2.04. The van der Waals surface area contributed by atoms with Crippen LogP contribution >= 0.6 is 0 Å². The summed E-state index contributed by atoms with van der Waals surface area (Å²) in [4.78, 5) is 15.3. The molecule has 0 aliphatic rings. The normalized spacial score (nSPS) is 11.9. The number of nitrogens with zero attached hydrogens (tertiary/aromatic N) is 2. The van der Waals surface area contributed by atoms with Gasteiger partial charge in [-0.05, 0) is 38.1 Å². The van der Waals surface area contributed by atoms with Gasteiger partial charge in [0.1, 0.15) is 12.4 Å². The summed E-state index contributed by atoms with van der Waals surface area (Å²) in [5.74, 6) is 0.634. The molecule has 2 N–H and O–H groups in total. The number of carbonyl (C=O) groups is 1. The van der Waals surface area contributed by atoms with Crippen molar-refractivity contribution in [2.45, 2.75) is 20.5 Å². The van der Waals surface area contributed by atoms with E-state index in [1.54, 1.807) is 6.08 Å². The van der Waals surface area contributed by atoms with Crippen LogP contribution in [-0.2, 0) is 18.4 Å². The van der Waals surface area contributed by atoms with E-state index in [2.05, 4.69) is 10.3 Å². The quantitative estimate of drug-likeness (QED) is 0.824. The summed E-state index contributed by atoms with van der Waals surface area (Å²) in [6.45, 7) is 3.26. The third-order valence-corrected chi connectivity index (χ3v) is 2.88. The third kappa shape index (κ3) is 2.82. The van der Waals surface area contributed by atoms with Gasteiger partial charge in [0.25, 0.3) is 0 Å². The highest BCUT2D eigenvalue weighted by molar-refractivity contribution is 5.88. The number of nitrogens with one attached hydrogen (secondary N) is 1. The van der Waals surface area contributed by atoms with Crippen molar-refractivity contribution in [1.82, 2.24) is 9.55 Å². The molecular weight excluding hydrogens is 242 g/mol. The smallest absolute Gasteiger partial charge is 0.154 e. The zero-order valence-corrected chi connectivity index (χ0v) is 11.3. The van der Waals surface area contributed by atoms with Gasteiger partial charge >= 0.3 is 0 Å². The largest absolute Gasteiger partial charge is 0.388 e. The van der Waals surface area contributed by atoms with Gasteiger partial charge < -0.3 is 15.0 Å². The van der Waals surface area contributed by atoms with Crippen LogP contribution in [0.3, 0.4) is 0 Å². The fourth-order valence-electron chi connectivity index (χ4n) is 2.04. The summed E-state index contributed by atoms with van der Waals surface area (Å²) in [5.41, 5.74) is 3.42. The van der Waals surface area contributed by atoms with Crippen LogP contribution in [0.5, 0.6) is 0 Å². The van der Waals surface area contributed by atoms with E-state index in [4.69, 9.17) is 0 Å². The number of aliphatic hydroxyl groups is 1. The molecule has 0 aliphatic heterocycles. The lowest BCUT2D eigenvalue weighted by Gasteiger charge is -2.06. The summed E-state index contributed by atoms with van der Waals surface area (Å²) < 4.78 is 1.86. The zero-order valence-electron chi connectivity index (χ0n) is 11.3. The van der Waals surface area contributed by atoms with Gasteiger partial charge in [-0.2, -0.15) is 0 Å². The lowest BCUT2D eigenvalue weighted by molar-refractivity contribution is -0.112. The van der Waals surface area contributed by atoms with Crippen LogP contribution in [0.25, 0.3) is 11.0 Å². The van der Waals surface area contributed by atoms with Gasteiger partial charge in [-0.3, -0.25) is 4.79 Å². The van der Waals surface area contributed by atoms with Crippen molar-refractivity contribution >= 4 is 22.5 Å². The van der Waals surface area contributed by atoms with Crippen molar-refractivity contribution in [3.63, 3.8) is 0 Å². The maximum atomic E-state index is 11.0. The van der Waals surface area contributed by atoms with E-state index in [1.165, 1.54) is 6.92 Å². The van der Waals surface area contributed by atoms with Gasteiger partial charge in [-0.1, -0.05) is 0 Å². The predicted octanol–water partition coefficient (Wildman–Crippen LogP) is 1.97. The Bertz CT molecular complexity index is 656. The van der Waals surface area contributed by atoms with E-state index >= 15 is 0 Å². The van der Waals surface area contributed by atoms with E-state index in [0.29, 0.717) is 5.82 Å². The Hall–Kier alpha value is -2.14. The highest BCUT2D eigenvalue weighted by atomic mass is 16.3. The lowest BCUT2D eigenvalue weighted by atomic mass is 10.2. The lowest BCUT2D eigenvalue weighted by Crippen LogP contribution is -1.98. The number of hydrogen-bond donors (Lipinski definition) is 2. The van der Waals surface area contributed by atoms with Gasteiger partial charge in [-0.25, -0.2) is 4.98 Å². The highest BCUT2D eigenvalue weighted by Gasteiger charge is 2.07. The molecule has 0 spiro atoms. The first-order valence-corrected chi connectivity index (χ1v) is 6.03. The van der Waals surface area contributed by atoms with Crippen LogP contribution in [0.15, 0.2) is 30.0 Å². The Labute approximate surface area is 111 Å². The van der Waals surface area contributed by atoms with E-state index in [1.807, 2.05) is 36.7 Å². The van der Waals surface area contributed by atoms with Gasteiger partial charge in [0.05, 0.1) is 11.0 Å².